The first-order chi connectivity index (χ1) is 5.70. The number of nitrogens with zero attached hydrogens (tertiary/aromatic N) is 1. The summed E-state index contributed by atoms with van der Waals surface area (Å²) in [6.07, 6.45) is 6.97. The quantitative estimate of drug-likeness (QED) is 0.289. The molecule has 0 saturated heterocycles. The van der Waals surface area contributed by atoms with Gasteiger partial charge in [0, 0.05) is 0 Å². The molecule has 0 heterocycles. The first kappa shape index (κ1) is 10.7. The molecular formula is C10H15NO. The summed E-state index contributed by atoms with van der Waals surface area (Å²) >= 11 is 0. The van der Waals surface area contributed by atoms with Gasteiger partial charge in [0.15, 0.2) is 0 Å². The summed E-state index contributed by atoms with van der Waals surface area (Å²) in [5.74, 6) is 0. The summed E-state index contributed by atoms with van der Waals surface area (Å²) < 4.78 is 0. The van der Waals surface area contributed by atoms with Crippen LogP contribution in [0.15, 0.2) is 41.6 Å². The van der Waals surface area contributed by atoms with Crippen LogP contribution in [0.2, 0.25) is 0 Å². The van der Waals surface area contributed by atoms with Gasteiger partial charge in [0.25, 0.3) is 0 Å². The zero-order valence-electron chi connectivity index (χ0n) is 7.45. The minimum atomic E-state index is 0.903. The van der Waals surface area contributed by atoms with Gasteiger partial charge in [0.2, 0.25) is 0 Å². The van der Waals surface area contributed by atoms with Crippen molar-refractivity contribution in [2.24, 2.45) is 5.16 Å². The molecule has 0 bridgehead atoms. The van der Waals surface area contributed by atoms with E-state index in [2.05, 4.69) is 18.3 Å². The maximum Gasteiger partial charge on any atom is 0.0687 e. The number of allylic oxidation sites excluding steroid dienone is 4. The number of hydrogen-bond donors (Lipinski definition) is 1. The summed E-state index contributed by atoms with van der Waals surface area (Å²) in [6, 6.07) is 0. The molecule has 2 nitrogen and oxygen atoms in total. The van der Waals surface area contributed by atoms with Crippen molar-refractivity contribution in [3.05, 3.63) is 36.5 Å². The van der Waals surface area contributed by atoms with E-state index >= 15 is 0 Å². The molecule has 0 aromatic carbocycles. The van der Waals surface area contributed by atoms with Gasteiger partial charge < -0.3 is 5.21 Å². The van der Waals surface area contributed by atoms with Crippen LogP contribution >= 0.6 is 0 Å². The van der Waals surface area contributed by atoms with E-state index in [0.717, 1.165) is 24.0 Å². The van der Waals surface area contributed by atoms with Gasteiger partial charge >= 0.3 is 0 Å². The van der Waals surface area contributed by atoms with Crippen molar-refractivity contribution in [2.45, 2.75) is 19.8 Å². The Kier molecular flexibility index (Phi) is 5.70. The van der Waals surface area contributed by atoms with Crippen LogP contribution in [0, 0.1) is 0 Å². The number of oxime groups is 1. The fourth-order valence-corrected chi connectivity index (χ4v) is 0.731. The third-order valence-corrected chi connectivity index (χ3v) is 1.48. The highest BCUT2D eigenvalue weighted by molar-refractivity contribution is 5.76. The highest BCUT2D eigenvalue weighted by atomic mass is 16.4. The Morgan fingerprint density at radius 3 is 2.75 bits per heavy atom. The molecule has 0 aliphatic carbocycles. The largest absolute Gasteiger partial charge is 0.411 e. The van der Waals surface area contributed by atoms with Gasteiger partial charge in [-0.3, -0.25) is 0 Å². The second-order valence-corrected chi connectivity index (χ2v) is 2.59. The molecule has 66 valence electrons. The van der Waals surface area contributed by atoms with E-state index in [-0.39, 0.29) is 0 Å². The van der Waals surface area contributed by atoms with Crippen LogP contribution in [-0.4, -0.2) is 11.4 Å². The fraction of sp³-hybridized carbons (Fsp3) is 0.300. The molecular weight excluding hydrogens is 150 g/mol. The van der Waals surface area contributed by atoms with E-state index in [4.69, 9.17) is 5.21 Å². The first-order valence-electron chi connectivity index (χ1n) is 3.85. The van der Waals surface area contributed by atoms with Gasteiger partial charge in [-0.2, -0.15) is 0 Å². The molecule has 0 rings (SSSR count). The van der Waals surface area contributed by atoms with Crippen molar-refractivity contribution >= 4 is 6.21 Å². The zero-order chi connectivity index (χ0) is 9.40. The lowest BCUT2D eigenvalue weighted by molar-refractivity contribution is 0.321. The van der Waals surface area contributed by atoms with E-state index < -0.39 is 0 Å². The van der Waals surface area contributed by atoms with Crippen LogP contribution in [0.25, 0.3) is 0 Å². The Morgan fingerprint density at radius 2 is 2.25 bits per heavy atom. The minimum Gasteiger partial charge on any atom is -0.411 e. The molecule has 0 amide bonds. The minimum absolute atomic E-state index is 0.903. The predicted octanol–water partition coefficient (Wildman–Crippen LogP) is 2.92. The average molecular weight is 165 g/mol. The van der Waals surface area contributed by atoms with E-state index in [0.29, 0.717) is 0 Å². The highest BCUT2D eigenvalue weighted by Gasteiger charge is 1.87. The molecule has 0 spiro atoms. The lowest BCUT2D eigenvalue weighted by atomic mass is 10.1. The fourth-order valence-electron chi connectivity index (χ4n) is 0.731. The first-order valence-corrected chi connectivity index (χ1v) is 3.85. The van der Waals surface area contributed by atoms with E-state index in [1.165, 1.54) is 6.21 Å². The molecule has 12 heavy (non-hydrogen) atoms. The van der Waals surface area contributed by atoms with E-state index in [1.54, 1.807) is 6.08 Å². The van der Waals surface area contributed by atoms with Gasteiger partial charge in [-0.25, -0.2) is 0 Å². The van der Waals surface area contributed by atoms with Crippen molar-refractivity contribution in [3.8, 4) is 0 Å². The summed E-state index contributed by atoms with van der Waals surface area (Å²) in [6.45, 7) is 9.28. The Hall–Kier alpha value is -1.31. The summed E-state index contributed by atoms with van der Waals surface area (Å²) in [4.78, 5) is 0. The monoisotopic (exact) mass is 165 g/mol. The molecule has 0 atom stereocenters. The smallest absolute Gasteiger partial charge is 0.0687 e. The Bertz CT molecular complexity index is 214. The molecule has 1 N–H and O–H groups in total. The summed E-state index contributed by atoms with van der Waals surface area (Å²) in [5.41, 5.74) is 1.98. The number of hydrogen-bond acceptors (Lipinski definition) is 2. The second-order valence-electron chi connectivity index (χ2n) is 2.59. The van der Waals surface area contributed by atoms with E-state index in [1.807, 2.05) is 13.0 Å². The molecule has 0 aromatic rings. The molecule has 0 unspecified atom stereocenters. The molecule has 0 radical (unpaired) electrons. The molecule has 2 heteroatoms. The highest BCUT2D eigenvalue weighted by Crippen LogP contribution is 2.04. The van der Waals surface area contributed by atoms with E-state index in [9.17, 15) is 0 Å². The van der Waals surface area contributed by atoms with Crippen LogP contribution < -0.4 is 0 Å². The Morgan fingerprint density at radius 1 is 1.58 bits per heavy atom. The third-order valence-electron chi connectivity index (χ3n) is 1.48. The van der Waals surface area contributed by atoms with Gasteiger partial charge in [0.1, 0.15) is 0 Å². The van der Waals surface area contributed by atoms with Crippen molar-refractivity contribution < 1.29 is 5.21 Å². The van der Waals surface area contributed by atoms with Gasteiger partial charge in [-0.05, 0) is 25.3 Å². The maximum absolute atomic E-state index is 8.19. The molecule has 0 aliphatic rings. The third kappa shape index (κ3) is 5.47. The van der Waals surface area contributed by atoms with Crippen LogP contribution in [0.4, 0.5) is 0 Å². The lowest BCUT2D eigenvalue weighted by Crippen LogP contribution is -1.79. The SMILES string of the molecule is C=CC(=C)CC/C=C(C)/C=N/O. The molecule has 0 aromatic heterocycles. The molecule has 0 aliphatic heterocycles. The second kappa shape index (κ2) is 6.40. The van der Waals surface area contributed by atoms with Crippen LogP contribution in [0.5, 0.6) is 0 Å². The predicted molar refractivity (Wildman–Crippen MR) is 52.6 cm³/mol. The van der Waals surface area contributed by atoms with Crippen LogP contribution in [0.3, 0.4) is 0 Å². The van der Waals surface area contributed by atoms with Crippen LogP contribution in [-0.2, 0) is 0 Å². The summed E-state index contributed by atoms with van der Waals surface area (Å²) in [7, 11) is 0. The van der Waals surface area contributed by atoms with Gasteiger partial charge in [-0.1, -0.05) is 36.0 Å². The van der Waals surface area contributed by atoms with Gasteiger partial charge in [0.05, 0.1) is 6.21 Å². The molecule has 0 fully saturated rings. The average Bonchev–Trinajstić information content (AvgIpc) is 2.04. The standard InChI is InChI=1S/C10H15NO/c1-4-9(2)6-5-7-10(3)8-11-12/h4,7-8,12H,1-2,5-6H2,3H3/b10-7+,11-8+. The maximum atomic E-state index is 8.19. The normalized spacial score (nSPS) is 11.9. The van der Waals surface area contributed by atoms with Crippen molar-refractivity contribution in [1.82, 2.24) is 0 Å². The van der Waals surface area contributed by atoms with Crippen molar-refractivity contribution in [2.75, 3.05) is 0 Å². The molecule has 0 saturated carbocycles. The summed E-state index contributed by atoms with van der Waals surface area (Å²) in [5, 5.41) is 11.1. The van der Waals surface area contributed by atoms with Gasteiger partial charge in [-0.15, -0.1) is 0 Å². The van der Waals surface area contributed by atoms with Crippen molar-refractivity contribution in [1.29, 1.82) is 0 Å². The zero-order valence-corrected chi connectivity index (χ0v) is 7.45. The topological polar surface area (TPSA) is 32.6 Å². The Balaban J connectivity index is 3.73. The van der Waals surface area contributed by atoms with Crippen molar-refractivity contribution in [3.63, 3.8) is 0 Å². The number of rotatable bonds is 5. The Labute approximate surface area is 73.6 Å². The van der Waals surface area contributed by atoms with Crippen LogP contribution in [0.1, 0.15) is 19.8 Å². The lowest BCUT2D eigenvalue weighted by Gasteiger charge is -1.94.